The van der Waals surface area contributed by atoms with E-state index in [9.17, 15) is 18.4 Å². The number of nitrogens with one attached hydrogen (secondary N) is 6. The zero-order chi connectivity index (χ0) is 41.3. The molecule has 6 rings (SSSR count). The number of urea groups is 1. The second-order valence-corrected chi connectivity index (χ2v) is 15.2. The molecule has 1 fully saturated rings. The van der Waals surface area contributed by atoms with E-state index in [4.69, 9.17) is 10.1 Å². The first-order valence-electron chi connectivity index (χ1n) is 19.0. The normalized spacial score (nSPS) is 14.3. The summed E-state index contributed by atoms with van der Waals surface area (Å²) in [7, 11) is 0. The number of pyridine rings is 1. The number of alkyl halides is 2. The quantitative estimate of drug-likeness (QED) is 0.0607. The van der Waals surface area contributed by atoms with Crippen LogP contribution in [0.5, 0.6) is 5.75 Å². The van der Waals surface area contributed by atoms with E-state index >= 15 is 0 Å². The number of hydrogen-bond acceptors (Lipinski definition) is 10. The average molecular weight is 791 g/mol. The van der Waals surface area contributed by atoms with Gasteiger partial charge < -0.3 is 36.3 Å². The number of carbonyl (C=O) groups excluding carboxylic acids is 2. The highest BCUT2D eigenvalue weighted by Gasteiger charge is 2.33. The van der Waals surface area contributed by atoms with Crippen molar-refractivity contribution in [3.63, 3.8) is 0 Å². The molecular weight excluding hydrogens is 743 g/mol. The Morgan fingerprint density at radius 2 is 1.66 bits per heavy atom. The van der Waals surface area contributed by atoms with E-state index in [2.05, 4.69) is 41.5 Å². The number of rotatable bonds is 14. The van der Waals surface area contributed by atoms with Crippen molar-refractivity contribution in [1.82, 2.24) is 30.5 Å². The lowest BCUT2D eigenvalue weighted by molar-refractivity contribution is -0.0547. The number of benzene rings is 3. The summed E-state index contributed by atoms with van der Waals surface area (Å²) in [5, 5.41) is 25.1. The Hall–Kier alpha value is -6.48. The van der Waals surface area contributed by atoms with Gasteiger partial charge in [0, 0.05) is 78.9 Å². The van der Waals surface area contributed by atoms with Crippen molar-refractivity contribution in [2.75, 3.05) is 42.1 Å². The second kappa shape index (κ2) is 18.2. The number of ether oxygens (including phenoxy) is 1. The van der Waals surface area contributed by atoms with Gasteiger partial charge in [-0.3, -0.25) is 10.1 Å². The van der Waals surface area contributed by atoms with Gasteiger partial charge in [0.25, 0.3) is 11.8 Å². The minimum absolute atomic E-state index is 0.133. The molecule has 0 unspecified atom stereocenters. The minimum Gasteiger partial charge on any atom is -0.488 e. The maximum atomic E-state index is 13.4. The molecule has 58 heavy (non-hydrogen) atoms. The maximum absolute atomic E-state index is 13.4. The van der Waals surface area contributed by atoms with Crippen LogP contribution in [0.15, 0.2) is 103 Å². The fraction of sp³-hybridized carbons (Fsp3) is 0.302. The van der Waals surface area contributed by atoms with Crippen molar-refractivity contribution in [2.45, 2.75) is 53.1 Å². The Balaban J connectivity index is 1.05. The highest BCUT2D eigenvalue weighted by molar-refractivity contribution is 6.05. The van der Waals surface area contributed by atoms with Crippen LogP contribution in [0.2, 0.25) is 0 Å². The van der Waals surface area contributed by atoms with Gasteiger partial charge in [-0.05, 0) is 48.9 Å². The van der Waals surface area contributed by atoms with Crippen molar-refractivity contribution in [3.05, 3.63) is 120 Å². The predicted octanol–water partition coefficient (Wildman–Crippen LogP) is 8.26. The van der Waals surface area contributed by atoms with E-state index in [1.54, 1.807) is 24.4 Å². The van der Waals surface area contributed by atoms with E-state index in [0.29, 0.717) is 60.8 Å². The summed E-state index contributed by atoms with van der Waals surface area (Å²) in [6.45, 7) is 9.43. The van der Waals surface area contributed by atoms with Gasteiger partial charge in [0.05, 0.1) is 18.1 Å². The van der Waals surface area contributed by atoms with Gasteiger partial charge in [0.2, 0.25) is 0 Å². The number of halogens is 2. The zero-order valence-corrected chi connectivity index (χ0v) is 33.0. The summed E-state index contributed by atoms with van der Waals surface area (Å²) in [6.07, 6.45) is 5.72. The van der Waals surface area contributed by atoms with E-state index in [-0.39, 0.29) is 25.1 Å². The van der Waals surface area contributed by atoms with E-state index < -0.39 is 23.3 Å². The molecule has 1 aliphatic rings. The molecule has 13 nitrogen and oxygen atoms in total. The number of fused-ring (bicyclic) bond motifs is 1. The third-order valence-corrected chi connectivity index (χ3v) is 9.47. The lowest BCUT2D eigenvalue weighted by Gasteiger charge is -2.31. The molecule has 3 aromatic carbocycles. The van der Waals surface area contributed by atoms with Crippen molar-refractivity contribution in [2.24, 2.45) is 5.41 Å². The molecule has 6 N–H and O–H groups in total. The van der Waals surface area contributed by atoms with Crippen LogP contribution in [-0.4, -0.2) is 69.6 Å². The minimum atomic E-state index is -2.61. The average Bonchev–Trinajstić information content (AvgIpc) is 3.19. The number of hydrogen-bond donors (Lipinski definition) is 6. The first-order valence-corrected chi connectivity index (χ1v) is 19.0. The fourth-order valence-electron chi connectivity index (χ4n) is 6.00. The molecule has 3 amide bonds. The molecule has 3 heterocycles. The molecule has 0 radical (unpaired) electrons. The van der Waals surface area contributed by atoms with Crippen LogP contribution in [0.1, 0.15) is 55.2 Å². The molecule has 15 heteroatoms. The van der Waals surface area contributed by atoms with Crippen LogP contribution in [0, 0.1) is 17.7 Å². The third-order valence-electron chi connectivity index (χ3n) is 9.47. The standard InChI is InChI=1S/C43H48F2N10O3/c1-28-9-11-30(12-10-28)51-38(24-36(46)42(2,3)4)54-41(57)52-33-13-14-35(32-8-6-5-7-31(32)33)58-27-29-15-18-47-37(23-29)53-39-26-49-34(25-50-39)40(56)48-19-22-55-20-16-43(44,45)17-21-55/h5-15,18,23-26,46,51H,16-17,19-22,27H2,1-4H3,(H,48,56)(H,47,50,53)(H2,52,54,57)/b38-24+,46-36?. The van der Waals surface area contributed by atoms with Gasteiger partial charge in [-0.15, -0.1) is 0 Å². The molecule has 2 aromatic heterocycles. The van der Waals surface area contributed by atoms with Gasteiger partial charge in [-0.1, -0.05) is 62.7 Å². The lowest BCUT2D eigenvalue weighted by Crippen LogP contribution is -2.43. The highest BCUT2D eigenvalue weighted by atomic mass is 19.3. The molecule has 0 bridgehead atoms. The van der Waals surface area contributed by atoms with Gasteiger partial charge >= 0.3 is 6.03 Å². The van der Waals surface area contributed by atoms with Crippen molar-refractivity contribution >= 4 is 51.4 Å². The van der Waals surface area contributed by atoms with Crippen molar-refractivity contribution in [3.8, 4) is 5.75 Å². The van der Waals surface area contributed by atoms with Crippen LogP contribution >= 0.6 is 0 Å². The monoisotopic (exact) mass is 790 g/mol. The van der Waals surface area contributed by atoms with E-state index in [1.807, 2.05) is 93.3 Å². The first-order chi connectivity index (χ1) is 27.7. The molecular formula is C43H48F2N10O3. The number of piperidine rings is 1. The van der Waals surface area contributed by atoms with Crippen LogP contribution in [0.25, 0.3) is 10.8 Å². The summed E-state index contributed by atoms with van der Waals surface area (Å²) in [6, 6.07) is 22.1. The van der Waals surface area contributed by atoms with Gasteiger partial charge in [-0.2, -0.15) is 0 Å². The van der Waals surface area contributed by atoms with Gasteiger partial charge in [0.15, 0.2) is 0 Å². The topological polar surface area (TPSA) is 169 Å². The number of allylic oxidation sites excluding steroid dienone is 1. The first kappa shape index (κ1) is 41.2. The number of amides is 3. The predicted molar refractivity (Wildman–Crippen MR) is 223 cm³/mol. The van der Waals surface area contributed by atoms with Gasteiger partial charge in [0.1, 0.15) is 35.5 Å². The Kier molecular flexibility index (Phi) is 12.9. The lowest BCUT2D eigenvalue weighted by atomic mass is 9.90. The smallest absolute Gasteiger partial charge is 0.324 e. The summed E-state index contributed by atoms with van der Waals surface area (Å²) in [5.41, 5.74) is 3.33. The van der Waals surface area contributed by atoms with E-state index in [0.717, 1.165) is 27.6 Å². The number of aryl methyl sites for hydroxylation is 1. The van der Waals surface area contributed by atoms with Crippen molar-refractivity contribution < 1.29 is 23.1 Å². The molecule has 5 aromatic rings. The number of likely N-dealkylation sites (tertiary alicyclic amines) is 1. The third kappa shape index (κ3) is 11.5. The largest absolute Gasteiger partial charge is 0.488 e. The summed E-state index contributed by atoms with van der Waals surface area (Å²) in [5.74, 6) is -1.14. The number of anilines is 4. The fourth-order valence-corrected chi connectivity index (χ4v) is 6.00. The maximum Gasteiger partial charge on any atom is 0.324 e. The second-order valence-electron chi connectivity index (χ2n) is 15.2. The van der Waals surface area contributed by atoms with Crippen LogP contribution in [0.4, 0.5) is 36.6 Å². The summed E-state index contributed by atoms with van der Waals surface area (Å²) < 4.78 is 33.1. The van der Waals surface area contributed by atoms with Crippen LogP contribution in [0.3, 0.4) is 0 Å². The summed E-state index contributed by atoms with van der Waals surface area (Å²) in [4.78, 5) is 40.8. The Bertz CT molecular complexity index is 2270. The van der Waals surface area contributed by atoms with Gasteiger partial charge in [-0.25, -0.2) is 28.5 Å². The molecule has 302 valence electrons. The van der Waals surface area contributed by atoms with E-state index in [1.165, 1.54) is 12.4 Å². The van der Waals surface area contributed by atoms with Crippen LogP contribution in [-0.2, 0) is 6.61 Å². The molecule has 0 saturated carbocycles. The molecule has 1 saturated heterocycles. The number of aromatic nitrogens is 3. The Morgan fingerprint density at radius 1 is 0.914 bits per heavy atom. The van der Waals surface area contributed by atoms with Crippen LogP contribution < -0.4 is 31.3 Å². The summed E-state index contributed by atoms with van der Waals surface area (Å²) >= 11 is 0. The molecule has 1 aliphatic heterocycles. The Morgan fingerprint density at radius 3 is 2.36 bits per heavy atom. The molecule has 0 atom stereocenters. The highest BCUT2D eigenvalue weighted by Crippen LogP contribution is 2.32. The zero-order valence-electron chi connectivity index (χ0n) is 33.0. The number of nitrogens with zero attached hydrogens (tertiary/aromatic N) is 4. The van der Waals surface area contributed by atoms with Crippen molar-refractivity contribution in [1.29, 1.82) is 5.41 Å². The molecule has 0 aliphatic carbocycles. The molecule has 0 spiro atoms. The number of carbonyl (C=O) groups is 2. The SMILES string of the molecule is Cc1ccc(N/C(=C\C(=N)C(C)(C)C)NC(=O)Nc2ccc(OCc3ccnc(Nc4cnc(C(=O)NCCN5CCC(F)(F)CC5)cn4)c3)c3ccccc23)cc1. The Labute approximate surface area is 336 Å².